The fourth-order valence-electron chi connectivity index (χ4n) is 0.256. The number of carboxylic acid groups (broad SMARTS) is 1. The molecule has 0 aromatic heterocycles. The molecule has 8 heavy (non-hydrogen) atoms. The van der Waals surface area contributed by atoms with Crippen LogP contribution in [0.5, 0.6) is 0 Å². The van der Waals surface area contributed by atoms with Gasteiger partial charge in [-0.25, -0.2) is 0 Å². The lowest BCUT2D eigenvalue weighted by Crippen LogP contribution is -2.13. The Labute approximate surface area is 60.8 Å². The van der Waals surface area contributed by atoms with Gasteiger partial charge in [-0.1, -0.05) is 22.6 Å². The van der Waals surface area contributed by atoms with E-state index >= 15 is 0 Å². The van der Waals surface area contributed by atoms with Crippen molar-refractivity contribution in [3.63, 3.8) is 0 Å². The Morgan fingerprint density at radius 3 is 2.38 bits per heavy atom. The highest BCUT2D eigenvalue weighted by Gasteiger charge is 2.05. The largest absolute Gasteiger partial charge is 0.481 e. The molecule has 0 aliphatic carbocycles. The molecule has 0 aliphatic heterocycles. The fourth-order valence-corrected chi connectivity index (χ4v) is 0.568. The summed E-state index contributed by atoms with van der Waals surface area (Å²) in [7, 11) is 0. The Bertz CT molecular complexity index is 83.4. The molecule has 0 aromatic carbocycles. The summed E-state index contributed by atoms with van der Waals surface area (Å²) in [5.74, 6) is -0.950. The van der Waals surface area contributed by atoms with Gasteiger partial charge in [-0.3, -0.25) is 4.79 Å². The third kappa shape index (κ3) is 4.32. The summed E-state index contributed by atoms with van der Waals surface area (Å²) < 4.78 is 0.476. The monoisotopic (exact) mass is 230 g/mol. The molecule has 4 heteroatoms. The van der Waals surface area contributed by atoms with Crippen molar-refractivity contribution in [1.82, 2.24) is 0 Å². The first-order valence-electron chi connectivity index (χ1n) is 2.12. The Morgan fingerprint density at radius 2 is 2.25 bits per heavy atom. The SMILES string of the molecule is O=C(O)C[C@@H](O)CI. The molecule has 0 aromatic rings. The van der Waals surface area contributed by atoms with Crippen LogP contribution in [-0.2, 0) is 4.79 Å². The van der Waals surface area contributed by atoms with Gasteiger partial charge in [-0.15, -0.1) is 0 Å². The smallest absolute Gasteiger partial charge is 0.306 e. The highest BCUT2D eigenvalue weighted by Crippen LogP contribution is 1.95. The molecule has 3 nitrogen and oxygen atoms in total. The van der Waals surface area contributed by atoms with Gasteiger partial charge in [-0.05, 0) is 0 Å². The maximum Gasteiger partial charge on any atom is 0.306 e. The molecule has 0 saturated heterocycles. The van der Waals surface area contributed by atoms with E-state index in [0.29, 0.717) is 4.43 Å². The molecule has 48 valence electrons. The van der Waals surface area contributed by atoms with Crippen LogP contribution in [0.2, 0.25) is 0 Å². The molecule has 0 bridgehead atoms. The molecule has 0 unspecified atom stereocenters. The maximum atomic E-state index is 9.81. The average molecular weight is 230 g/mol. The number of alkyl halides is 1. The molecule has 1 atom stereocenters. The Hall–Kier alpha value is 0.160. The second-order valence-corrected chi connectivity index (χ2v) is 2.29. The van der Waals surface area contributed by atoms with Crippen molar-refractivity contribution in [2.45, 2.75) is 12.5 Å². The van der Waals surface area contributed by atoms with E-state index < -0.39 is 12.1 Å². The van der Waals surface area contributed by atoms with Crippen molar-refractivity contribution >= 4 is 28.6 Å². The van der Waals surface area contributed by atoms with E-state index in [-0.39, 0.29) is 6.42 Å². The number of aliphatic hydroxyl groups excluding tert-OH is 1. The van der Waals surface area contributed by atoms with Crippen LogP contribution in [0, 0.1) is 0 Å². The number of hydrogen-bond acceptors (Lipinski definition) is 2. The number of aliphatic hydroxyl groups is 1. The van der Waals surface area contributed by atoms with E-state index in [1.54, 1.807) is 0 Å². The Kier molecular flexibility index (Phi) is 4.16. The highest BCUT2D eigenvalue weighted by atomic mass is 127. The minimum atomic E-state index is -0.950. The van der Waals surface area contributed by atoms with E-state index in [2.05, 4.69) is 0 Å². The van der Waals surface area contributed by atoms with Crippen LogP contribution in [0.3, 0.4) is 0 Å². The molecule has 0 fully saturated rings. The number of aliphatic carboxylic acids is 1. The minimum absolute atomic E-state index is 0.150. The van der Waals surface area contributed by atoms with Crippen molar-refractivity contribution in [3.05, 3.63) is 0 Å². The molecule has 0 spiro atoms. The summed E-state index contributed by atoms with van der Waals surface area (Å²) in [5, 5.41) is 16.7. The zero-order chi connectivity index (χ0) is 6.57. The van der Waals surface area contributed by atoms with Gasteiger partial charge in [0.2, 0.25) is 0 Å². The van der Waals surface area contributed by atoms with Gasteiger partial charge < -0.3 is 10.2 Å². The molecule has 0 heterocycles. The quantitative estimate of drug-likeness (QED) is 0.540. The lowest BCUT2D eigenvalue weighted by molar-refractivity contribution is -0.138. The first-order chi connectivity index (χ1) is 3.66. The van der Waals surface area contributed by atoms with Crippen LogP contribution in [0.1, 0.15) is 6.42 Å². The van der Waals surface area contributed by atoms with Crippen LogP contribution < -0.4 is 0 Å². The number of carboxylic acids is 1. The first-order valence-corrected chi connectivity index (χ1v) is 3.65. The summed E-state index contributed by atoms with van der Waals surface area (Å²) in [6, 6.07) is 0. The van der Waals surface area contributed by atoms with Crippen molar-refractivity contribution in [2.75, 3.05) is 4.43 Å². The predicted molar refractivity (Wildman–Crippen MR) is 37.1 cm³/mol. The van der Waals surface area contributed by atoms with Gasteiger partial charge in [0.15, 0.2) is 0 Å². The molecule has 0 saturated carbocycles. The van der Waals surface area contributed by atoms with Crippen molar-refractivity contribution < 1.29 is 15.0 Å². The Balaban J connectivity index is 3.24. The van der Waals surface area contributed by atoms with Crippen LogP contribution in [0.15, 0.2) is 0 Å². The fraction of sp³-hybridized carbons (Fsp3) is 0.750. The number of carbonyl (C=O) groups is 1. The lowest BCUT2D eigenvalue weighted by atomic mass is 10.3. The number of halogens is 1. The van der Waals surface area contributed by atoms with Crippen LogP contribution in [-0.4, -0.2) is 26.7 Å². The van der Waals surface area contributed by atoms with E-state index in [9.17, 15) is 4.79 Å². The third-order valence-electron chi connectivity index (χ3n) is 0.588. The molecule has 0 rings (SSSR count). The zero-order valence-corrected chi connectivity index (χ0v) is 6.33. The van der Waals surface area contributed by atoms with Gasteiger partial charge in [0.25, 0.3) is 0 Å². The normalized spacial score (nSPS) is 13.2. The first kappa shape index (κ1) is 8.16. The molecule has 0 radical (unpaired) electrons. The minimum Gasteiger partial charge on any atom is -0.481 e. The van der Waals surface area contributed by atoms with Crippen LogP contribution in [0.4, 0.5) is 0 Å². The summed E-state index contributed by atoms with van der Waals surface area (Å²) in [4.78, 5) is 9.81. The Morgan fingerprint density at radius 1 is 1.75 bits per heavy atom. The average Bonchev–Trinajstić information content (AvgIpc) is 1.65. The second kappa shape index (κ2) is 4.08. The van der Waals surface area contributed by atoms with Crippen molar-refractivity contribution in [1.29, 1.82) is 0 Å². The van der Waals surface area contributed by atoms with Gasteiger partial charge in [0, 0.05) is 4.43 Å². The molecular weight excluding hydrogens is 223 g/mol. The van der Waals surface area contributed by atoms with E-state index in [1.807, 2.05) is 22.6 Å². The van der Waals surface area contributed by atoms with Crippen molar-refractivity contribution in [3.8, 4) is 0 Å². The topological polar surface area (TPSA) is 57.5 Å². The highest BCUT2D eigenvalue weighted by molar-refractivity contribution is 14.1. The second-order valence-electron chi connectivity index (χ2n) is 1.41. The van der Waals surface area contributed by atoms with Crippen LogP contribution >= 0.6 is 22.6 Å². The maximum absolute atomic E-state index is 9.81. The molecule has 0 amide bonds. The summed E-state index contributed by atoms with van der Waals surface area (Å²) in [6.45, 7) is 0. The lowest BCUT2D eigenvalue weighted by Gasteiger charge is -1.99. The third-order valence-corrected chi connectivity index (χ3v) is 1.61. The number of rotatable bonds is 3. The van der Waals surface area contributed by atoms with Gasteiger partial charge in [-0.2, -0.15) is 0 Å². The summed E-state index contributed by atoms with van der Waals surface area (Å²) in [6.07, 6.45) is -0.837. The molecule has 2 N–H and O–H groups in total. The molecular formula is C4H7IO3. The molecule has 0 aliphatic rings. The van der Waals surface area contributed by atoms with Gasteiger partial charge >= 0.3 is 5.97 Å². The standard InChI is InChI=1S/C4H7IO3/c5-2-3(6)1-4(7)8/h3,6H,1-2H2,(H,7,8)/t3-/m1/s1. The zero-order valence-electron chi connectivity index (χ0n) is 4.17. The van der Waals surface area contributed by atoms with E-state index in [1.165, 1.54) is 0 Å². The van der Waals surface area contributed by atoms with Crippen molar-refractivity contribution in [2.24, 2.45) is 0 Å². The van der Waals surface area contributed by atoms with Crippen LogP contribution in [0.25, 0.3) is 0 Å². The number of hydrogen-bond donors (Lipinski definition) is 2. The summed E-state index contributed by atoms with van der Waals surface area (Å²) >= 11 is 1.93. The summed E-state index contributed by atoms with van der Waals surface area (Å²) in [5.41, 5.74) is 0. The van der Waals surface area contributed by atoms with Gasteiger partial charge in [0.1, 0.15) is 0 Å². The van der Waals surface area contributed by atoms with E-state index in [4.69, 9.17) is 10.2 Å². The van der Waals surface area contributed by atoms with E-state index in [0.717, 1.165) is 0 Å². The predicted octanol–water partition coefficient (Wildman–Crippen LogP) is 0.257. The van der Waals surface area contributed by atoms with Gasteiger partial charge in [0.05, 0.1) is 12.5 Å².